The van der Waals surface area contributed by atoms with Crippen molar-refractivity contribution in [2.45, 2.75) is 96.3 Å². The molecule has 0 spiro atoms. The Morgan fingerprint density at radius 2 is 1.25 bits per heavy atom. The van der Waals surface area contributed by atoms with Crippen LogP contribution in [-0.4, -0.2) is 0 Å². The Hall–Kier alpha value is -2.88. The Labute approximate surface area is 237 Å². The standard InChI is InChI=1S/C36H42F4/c1-3-5-7-8-9-10-12-29-21-22-30(34(38)33(29)37)27-17-19-28(20-18-27)32-24-23-31(35(39)36(32)40)26-15-13-25(14-16-26)11-6-4-2/h4,17-26H,2-3,5-16H2,1H3. The lowest BCUT2D eigenvalue weighted by Crippen LogP contribution is -2.15. The number of unbranched alkanes of at least 4 members (excludes halogenated alkanes) is 5. The third-order valence-corrected chi connectivity index (χ3v) is 8.65. The molecule has 214 valence electrons. The molecule has 1 fully saturated rings. The van der Waals surface area contributed by atoms with Crippen LogP contribution in [0.4, 0.5) is 17.6 Å². The first-order valence-corrected chi connectivity index (χ1v) is 15.1. The number of allylic oxidation sites excluding steroid dienone is 1. The lowest BCUT2D eigenvalue weighted by atomic mass is 9.77. The van der Waals surface area contributed by atoms with Gasteiger partial charge in [-0.25, -0.2) is 17.6 Å². The fourth-order valence-electron chi connectivity index (χ4n) is 6.15. The average Bonchev–Trinajstić information content (AvgIpc) is 2.98. The third kappa shape index (κ3) is 7.25. The van der Waals surface area contributed by atoms with Gasteiger partial charge in [0.05, 0.1) is 0 Å². The van der Waals surface area contributed by atoms with Gasteiger partial charge in [-0.1, -0.05) is 93.6 Å². The SMILES string of the molecule is C=CCCC1CCC(c2ccc(-c3ccc(-c4ccc(CCCCCCCC)c(F)c4F)cc3)c(F)c2F)CC1. The van der Waals surface area contributed by atoms with Crippen molar-refractivity contribution in [1.82, 2.24) is 0 Å². The summed E-state index contributed by atoms with van der Waals surface area (Å²) >= 11 is 0. The largest absolute Gasteiger partial charge is 0.203 e. The van der Waals surface area contributed by atoms with Crippen molar-refractivity contribution in [3.63, 3.8) is 0 Å². The summed E-state index contributed by atoms with van der Waals surface area (Å²) in [6.45, 7) is 5.95. The predicted octanol–water partition coefficient (Wildman–Crippen LogP) is 11.7. The quantitative estimate of drug-likeness (QED) is 0.113. The third-order valence-electron chi connectivity index (χ3n) is 8.65. The van der Waals surface area contributed by atoms with E-state index in [-0.39, 0.29) is 17.0 Å². The lowest BCUT2D eigenvalue weighted by molar-refractivity contribution is 0.306. The highest BCUT2D eigenvalue weighted by atomic mass is 19.2. The fourth-order valence-corrected chi connectivity index (χ4v) is 6.15. The number of rotatable bonds is 13. The number of halogens is 4. The first-order valence-electron chi connectivity index (χ1n) is 15.1. The van der Waals surface area contributed by atoms with Gasteiger partial charge in [0.25, 0.3) is 0 Å². The van der Waals surface area contributed by atoms with E-state index in [4.69, 9.17) is 0 Å². The zero-order valence-corrected chi connectivity index (χ0v) is 23.8. The van der Waals surface area contributed by atoms with Gasteiger partial charge in [-0.15, -0.1) is 6.58 Å². The van der Waals surface area contributed by atoms with Gasteiger partial charge in [0.2, 0.25) is 0 Å². The van der Waals surface area contributed by atoms with Crippen LogP contribution in [-0.2, 0) is 6.42 Å². The number of hydrogen-bond acceptors (Lipinski definition) is 0. The molecule has 0 aromatic heterocycles. The van der Waals surface area contributed by atoms with Gasteiger partial charge in [-0.05, 0) is 85.5 Å². The first-order chi connectivity index (χ1) is 19.4. The minimum Gasteiger partial charge on any atom is -0.203 e. The normalized spacial score (nSPS) is 17.2. The van der Waals surface area contributed by atoms with Gasteiger partial charge >= 0.3 is 0 Å². The van der Waals surface area contributed by atoms with Gasteiger partial charge in [0.15, 0.2) is 23.3 Å². The second-order valence-electron chi connectivity index (χ2n) is 11.4. The Morgan fingerprint density at radius 1 is 0.675 bits per heavy atom. The summed E-state index contributed by atoms with van der Waals surface area (Å²) in [7, 11) is 0. The number of benzene rings is 3. The molecule has 1 saturated carbocycles. The fraction of sp³-hybridized carbons (Fsp3) is 0.444. The summed E-state index contributed by atoms with van der Waals surface area (Å²) in [6, 6.07) is 13.2. The molecule has 0 N–H and O–H groups in total. The summed E-state index contributed by atoms with van der Waals surface area (Å²) in [5.41, 5.74) is 2.20. The topological polar surface area (TPSA) is 0 Å². The van der Waals surface area contributed by atoms with E-state index in [1.54, 1.807) is 48.5 Å². The summed E-state index contributed by atoms with van der Waals surface area (Å²) < 4.78 is 60.2. The van der Waals surface area contributed by atoms with Gasteiger partial charge in [0.1, 0.15) is 0 Å². The maximum atomic E-state index is 15.2. The Balaban J connectivity index is 1.43. The highest BCUT2D eigenvalue weighted by molar-refractivity contribution is 5.71. The summed E-state index contributed by atoms with van der Waals surface area (Å²) in [4.78, 5) is 0. The van der Waals surface area contributed by atoms with E-state index in [0.717, 1.165) is 57.8 Å². The van der Waals surface area contributed by atoms with E-state index in [2.05, 4.69) is 13.5 Å². The molecule has 4 rings (SSSR count). The molecular weight excluding hydrogens is 508 g/mol. The molecular formula is C36H42F4. The van der Waals surface area contributed by atoms with E-state index in [9.17, 15) is 8.78 Å². The van der Waals surface area contributed by atoms with Crippen LogP contribution in [0.25, 0.3) is 22.3 Å². The summed E-state index contributed by atoms with van der Waals surface area (Å²) in [5, 5.41) is 0. The molecule has 0 heterocycles. The van der Waals surface area contributed by atoms with Gasteiger partial charge in [-0.3, -0.25) is 0 Å². The zero-order valence-electron chi connectivity index (χ0n) is 23.8. The Morgan fingerprint density at radius 3 is 1.88 bits per heavy atom. The molecule has 0 saturated heterocycles. The molecule has 0 bridgehead atoms. The van der Waals surface area contributed by atoms with Crippen LogP contribution in [0, 0.1) is 29.2 Å². The van der Waals surface area contributed by atoms with Crippen LogP contribution in [0.5, 0.6) is 0 Å². The van der Waals surface area contributed by atoms with Crippen molar-refractivity contribution in [1.29, 1.82) is 0 Å². The molecule has 0 unspecified atom stereocenters. The molecule has 3 aromatic rings. The zero-order chi connectivity index (χ0) is 28.5. The van der Waals surface area contributed by atoms with Crippen molar-refractivity contribution in [2.75, 3.05) is 0 Å². The molecule has 0 nitrogen and oxygen atoms in total. The van der Waals surface area contributed by atoms with Crippen molar-refractivity contribution in [3.8, 4) is 22.3 Å². The second-order valence-corrected chi connectivity index (χ2v) is 11.4. The monoisotopic (exact) mass is 550 g/mol. The summed E-state index contributed by atoms with van der Waals surface area (Å²) in [6.07, 6.45) is 14.9. The molecule has 3 aromatic carbocycles. The van der Waals surface area contributed by atoms with E-state index >= 15 is 8.78 Å². The maximum Gasteiger partial charge on any atom is 0.166 e. The second kappa shape index (κ2) is 14.7. The van der Waals surface area contributed by atoms with Crippen LogP contribution in [0.3, 0.4) is 0 Å². The molecule has 0 aliphatic heterocycles. The van der Waals surface area contributed by atoms with E-state index < -0.39 is 23.3 Å². The van der Waals surface area contributed by atoms with Gasteiger partial charge in [0, 0.05) is 11.1 Å². The molecule has 0 atom stereocenters. The minimum absolute atomic E-state index is 0.0350. The average molecular weight is 551 g/mol. The van der Waals surface area contributed by atoms with Crippen LogP contribution < -0.4 is 0 Å². The van der Waals surface area contributed by atoms with Crippen molar-refractivity contribution in [3.05, 3.63) is 95.6 Å². The van der Waals surface area contributed by atoms with E-state index in [0.29, 0.717) is 34.6 Å². The smallest absolute Gasteiger partial charge is 0.166 e. The van der Waals surface area contributed by atoms with Crippen LogP contribution in [0.2, 0.25) is 0 Å². The van der Waals surface area contributed by atoms with Crippen molar-refractivity contribution < 1.29 is 17.6 Å². The summed E-state index contributed by atoms with van der Waals surface area (Å²) in [5.74, 6) is -2.62. The minimum atomic E-state index is -0.864. The number of aryl methyl sites for hydroxylation is 1. The molecule has 0 amide bonds. The number of hydrogen-bond donors (Lipinski definition) is 0. The lowest BCUT2D eigenvalue weighted by Gasteiger charge is -2.29. The van der Waals surface area contributed by atoms with E-state index in [1.165, 1.54) is 19.3 Å². The van der Waals surface area contributed by atoms with Gasteiger partial charge < -0.3 is 0 Å². The van der Waals surface area contributed by atoms with Crippen LogP contribution in [0.15, 0.2) is 61.2 Å². The van der Waals surface area contributed by atoms with Crippen molar-refractivity contribution in [2.24, 2.45) is 5.92 Å². The highest BCUT2D eigenvalue weighted by Crippen LogP contribution is 2.40. The Kier molecular flexibility index (Phi) is 11.0. The Bertz CT molecular complexity index is 1250. The molecule has 4 heteroatoms. The first kappa shape index (κ1) is 30.1. The molecule has 40 heavy (non-hydrogen) atoms. The predicted molar refractivity (Wildman–Crippen MR) is 158 cm³/mol. The maximum absolute atomic E-state index is 15.2. The molecule has 1 aliphatic rings. The van der Waals surface area contributed by atoms with Crippen LogP contribution >= 0.6 is 0 Å². The molecule has 0 radical (unpaired) electrons. The van der Waals surface area contributed by atoms with Gasteiger partial charge in [-0.2, -0.15) is 0 Å². The van der Waals surface area contributed by atoms with Crippen LogP contribution in [0.1, 0.15) is 101 Å². The molecule has 1 aliphatic carbocycles. The highest BCUT2D eigenvalue weighted by Gasteiger charge is 2.26. The van der Waals surface area contributed by atoms with Crippen molar-refractivity contribution >= 4 is 0 Å². The van der Waals surface area contributed by atoms with E-state index in [1.807, 2.05) is 6.08 Å².